The summed E-state index contributed by atoms with van der Waals surface area (Å²) in [7, 11) is 1.53. The molecule has 0 aliphatic carbocycles. The van der Waals surface area contributed by atoms with Crippen LogP contribution in [0.3, 0.4) is 0 Å². The highest BCUT2D eigenvalue weighted by molar-refractivity contribution is 6.14. The lowest BCUT2D eigenvalue weighted by atomic mass is 10.0. The lowest BCUT2D eigenvalue weighted by Gasteiger charge is -2.07. The van der Waals surface area contributed by atoms with Gasteiger partial charge in [0.2, 0.25) is 5.78 Å². The second kappa shape index (κ2) is 8.48. The van der Waals surface area contributed by atoms with Crippen molar-refractivity contribution in [2.45, 2.75) is 19.8 Å². The van der Waals surface area contributed by atoms with Crippen LogP contribution in [0, 0.1) is 0 Å². The van der Waals surface area contributed by atoms with Crippen molar-refractivity contribution in [1.29, 1.82) is 0 Å². The Balaban J connectivity index is 1.52. The summed E-state index contributed by atoms with van der Waals surface area (Å²) in [6, 6.07) is 19.4. The number of hydrogen-bond acceptors (Lipinski definition) is 5. The van der Waals surface area contributed by atoms with Crippen molar-refractivity contribution in [2.75, 3.05) is 7.11 Å². The Bertz CT molecular complexity index is 1170. The third kappa shape index (κ3) is 4.36. The molecule has 1 heterocycles. The first-order valence-corrected chi connectivity index (χ1v) is 9.99. The molecule has 156 valence electrons. The van der Waals surface area contributed by atoms with E-state index in [1.165, 1.54) is 12.7 Å². The third-order valence-electron chi connectivity index (χ3n) is 5.06. The fourth-order valence-electron chi connectivity index (χ4n) is 3.28. The molecule has 0 atom stereocenters. The smallest absolute Gasteiger partial charge is 0.343 e. The number of rotatable bonds is 5. The number of methoxy groups -OCH3 is 1. The van der Waals surface area contributed by atoms with Crippen LogP contribution in [-0.4, -0.2) is 18.9 Å². The van der Waals surface area contributed by atoms with Gasteiger partial charge >= 0.3 is 5.97 Å². The van der Waals surface area contributed by atoms with Crippen LogP contribution in [0.4, 0.5) is 0 Å². The zero-order valence-electron chi connectivity index (χ0n) is 17.5. The number of carbonyl (C=O) groups excluding carboxylic acids is 2. The maximum absolute atomic E-state index is 12.7. The molecule has 0 unspecified atom stereocenters. The predicted molar refractivity (Wildman–Crippen MR) is 118 cm³/mol. The molecule has 5 nitrogen and oxygen atoms in total. The van der Waals surface area contributed by atoms with E-state index in [4.69, 9.17) is 14.2 Å². The highest BCUT2D eigenvalue weighted by Gasteiger charge is 2.28. The van der Waals surface area contributed by atoms with Gasteiger partial charge in [0.05, 0.1) is 18.2 Å². The van der Waals surface area contributed by atoms with Gasteiger partial charge in [-0.2, -0.15) is 0 Å². The van der Waals surface area contributed by atoms with Gasteiger partial charge in [-0.1, -0.05) is 44.2 Å². The summed E-state index contributed by atoms with van der Waals surface area (Å²) in [6.45, 7) is 4.26. The van der Waals surface area contributed by atoms with Crippen LogP contribution >= 0.6 is 0 Å². The molecule has 0 aromatic heterocycles. The average molecular weight is 414 g/mol. The molecule has 4 rings (SSSR count). The van der Waals surface area contributed by atoms with Gasteiger partial charge in [-0.3, -0.25) is 4.79 Å². The van der Waals surface area contributed by atoms with Gasteiger partial charge in [0.15, 0.2) is 5.76 Å². The van der Waals surface area contributed by atoms with Crippen molar-refractivity contribution in [3.05, 3.63) is 94.7 Å². The Morgan fingerprint density at radius 2 is 1.74 bits per heavy atom. The second-order valence-electron chi connectivity index (χ2n) is 7.54. The molecule has 0 spiro atoms. The maximum atomic E-state index is 12.7. The number of hydrogen-bond donors (Lipinski definition) is 0. The summed E-state index contributed by atoms with van der Waals surface area (Å²) in [5.41, 5.74) is 2.91. The molecule has 0 amide bonds. The largest absolute Gasteiger partial charge is 0.497 e. The number of ketones is 1. The van der Waals surface area contributed by atoms with Gasteiger partial charge in [0.25, 0.3) is 0 Å². The summed E-state index contributed by atoms with van der Waals surface area (Å²) in [5.74, 6) is 1.18. The Morgan fingerprint density at radius 1 is 0.968 bits per heavy atom. The first-order valence-electron chi connectivity index (χ1n) is 9.99. The molecule has 1 aliphatic rings. The first-order chi connectivity index (χ1) is 14.9. The molecule has 5 heteroatoms. The number of ether oxygens (including phenoxy) is 3. The van der Waals surface area contributed by atoms with E-state index in [0.29, 0.717) is 34.3 Å². The Morgan fingerprint density at radius 3 is 2.45 bits per heavy atom. The summed E-state index contributed by atoms with van der Waals surface area (Å²) in [5, 5.41) is 0. The zero-order chi connectivity index (χ0) is 22.0. The maximum Gasteiger partial charge on any atom is 0.343 e. The Kier molecular flexibility index (Phi) is 5.58. The highest BCUT2D eigenvalue weighted by Crippen LogP contribution is 2.35. The number of Topliss-reactive ketones (excluding diaryl/α,β-unsaturated/α-hetero) is 1. The van der Waals surface area contributed by atoms with E-state index in [2.05, 4.69) is 13.8 Å². The molecule has 31 heavy (non-hydrogen) atoms. The van der Waals surface area contributed by atoms with Crippen LogP contribution in [0.1, 0.15) is 51.6 Å². The minimum Gasteiger partial charge on any atom is -0.497 e. The minimum atomic E-state index is -0.524. The van der Waals surface area contributed by atoms with E-state index in [1.807, 2.05) is 24.3 Å². The molecule has 3 aromatic rings. The topological polar surface area (TPSA) is 61.8 Å². The Hall–Kier alpha value is -3.86. The van der Waals surface area contributed by atoms with Crippen molar-refractivity contribution in [3.8, 4) is 17.2 Å². The van der Waals surface area contributed by atoms with E-state index in [0.717, 1.165) is 5.56 Å². The van der Waals surface area contributed by atoms with Gasteiger partial charge in [-0.15, -0.1) is 0 Å². The number of benzene rings is 3. The number of esters is 1. The van der Waals surface area contributed by atoms with E-state index in [-0.39, 0.29) is 11.5 Å². The lowest BCUT2D eigenvalue weighted by Crippen LogP contribution is -2.08. The van der Waals surface area contributed by atoms with E-state index >= 15 is 0 Å². The van der Waals surface area contributed by atoms with E-state index in [9.17, 15) is 9.59 Å². The predicted octanol–water partition coefficient (Wildman–Crippen LogP) is 5.65. The standard InChI is InChI=1S/C26H22O5/c1-16(2)18-9-7-17(8-10-18)13-24-25(27)22-12-11-21(15-23(22)31-24)30-26(28)19-5-4-6-20(14-19)29-3/h4-16H,1-3H3. The second-order valence-corrected chi connectivity index (χ2v) is 7.54. The quantitative estimate of drug-likeness (QED) is 0.307. The molecule has 0 saturated heterocycles. The molecule has 0 saturated carbocycles. The minimum absolute atomic E-state index is 0.200. The molecular weight excluding hydrogens is 392 g/mol. The van der Waals surface area contributed by atoms with Gasteiger partial charge < -0.3 is 14.2 Å². The third-order valence-corrected chi connectivity index (χ3v) is 5.06. The summed E-state index contributed by atoms with van der Waals surface area (Å²) in [6.07, 6.45) is 1.72. The van der Waals surface area contributed by atoms with Crippen molar-refractivity contribution >= 4 is 17.8 Å². The summed E-state index contributed by atoms with van der Waals surface area (Å²) >= 11 is 0. The van der Waals surface area contributed by atoms with Crippen LogP contribution in [0.25, 0.3) is 6.08 Å². The van der Waals surface area contributed by atoms with E-state index < -0.39 is 5.97 Å². The van der Waals surface area contributed by atoms with Crippen molar-refractivity contribution < 1.29 is 23.8 Å². The van der Waals surface area contributed by atoms with Crippen LogP contribution in [0.5, 0.6) is 17.2 Å². The zero-order valence-corrected chi connectivity index (χ0v) is 17.5. The van der Waals surface area contributed by atoms with Crippen molar-refractivity contribution in [3.63, 3.8) is 0 Å². The summed E-state index contributed by atoms with van der Waals surface area (Å²) in [4.78, 5) is 25.1. The van der Waals surface area contributed by atoms with Crippen LogP contribution in [-0.2, 0) is 0 Å². The van der Waals surface area contributed by atoms with Crippen LogP contribution in [0.15, 0.2) is 72.5 Å². The van der Waals surface area contributed by atoms with Crippen molar-refractivity contribution in [1.82, 2.24) is 0 Å². The van der Waals surface area contributed by atoms with Gasteiger partial charge in [-0.25, -0.2) is 4.79 Å². The molecule has 0 bridgehead atoms. The molecule has 0 fully saturated rings. The first kappa shape index (κ1) is 20.4. The monoisotopic (exact) mass is 414 g/mol. The molecule has 0 radical (unpaired) electrons. The fourth-order valence-corrected chi connectivity index (χ4v) is 3.28. The van der Waals surface area contributed by atoms with Gasteiger partial charge in [0, 0.05) is 6.07 Å². The van der Waals surface area contributed by atoms with Crippen molar-refractivity contribution in [2.24, 2.45) is 0 Å². The number of fused-ring (bicyclic) bond motifs is 1. The average Bonchev–Trinajstić information content (AvgIpc) is 3.08. The molecular formula is C26H22O5. The highest BCUT2D eigenvalue weighted by atomic mass is 16.5. The Labute approximate surface area is 180 Å². The van der Waals surface area contributed by atoms with Crippen LogP contribution < -0.4 is 14.2 Å². The van der Waals surface area contributed by atoms with E-state index in [1.54, 1.807) is 48.5 Å². The summed E-state index contributed by atoms with van der Waals surface area (Å²) < 4.78 is 16.3. The normalized spacial score (nSPS) is 13.8. The molecule has 0 N–H and O–H groups in total. The number of allylic oxidation sites excluding steroid dienone is 1. The molecule has 3 aromatic carbocycles. The lowest BCUT2D eigenvalue weighted by molar-refractivity contribution is 0.0734. The van der Waals surface area contributed by atoms with Crippen LogP contribution in [0.2, 0.25) is 0 Å². The number of carbonyl (C=O) groups is 2. The van der Waals surface area contributed by atoms with Gasteiger partial charge in [-0.05, 0) is 53.5 Å². The fraction of sp³-hybridized carbons (Fsp3) is 0.154. The molecule has 1 aliphatic heterocycles. The SMILES string of the molecule is COc1cccc(C(=O)Oc2ccc3c(c2)OC(=Cc2ccc(C(C)C)cc2)C3=O)c1. The van der Waals surface area contributed by atoms with Gasteiger partial charge in [0.1, 0.15) is 17.2 Å².